The Morgan fingerprint density at radius 2 is 1.83 bits per heavy atom. The number of piperidine rings is 1. The van der Waals surface area contributed by atoms with Gasteiger partial charge in [-0.05, 0) is 31.6 Å². The fraction of sp³-hybridized carbons (Fsp3) is 0.722. The third-order valence-corrected chi connectivity index (χ3v) is 5.00. The number of anilines is 2. The third kappa shape index (κ3) is 4.16. The van der Waals surface area contributed by atoms with E-state index < -0.39 is 0 Å². The van der Waals surface area contributed by atoms with Crippen LogP contribution < -0.4 is 15.1 Å². The molecule has 6 heteroatoms. The number of nitrogens with zero attached hydrogens (tertiary/aromatic N) is 4. The van der Waals surface area contributed by atoms with E-state index in [1.54, 1.807) is 6.33 Å². The summed E-state index contributed by atoms with van der Waals surface area (Å²) >= 11 is 0. The van der Waals surface area contributed by atoms with E-state index in [2.05, 4.69) is 31.2 Å². The summed E-state index contributed by atoms with van der Waals surface area (Å²) in [5.74, 6) is 2.76. The molecule has 0 saturated carbocycles. The molecule has 3 heterocycles. The van der Waals surface area contributed by atoms with Crippen molar-refractivity contribution in [2.75, 3.05) is 42.5 Å². The molecule has 2 saturated heterocycles. The van der Waals surface area contributed by atoms with E-state index in [0.717, 1.165) is 50.8 Å². The van der Waals surface area contributed by atoms with Crippen LogP contribution in [-0.4, -0.2) is 48.6 Å². The highest BCUT2D eigenvalue weighted by Gasteiger charge is 2.23. The zero-order chi connectivity index (χ0) is 16.9. The third-order valence-electron chi connectivity index (χ3n) is 5.00. The number of hydrogen-bond donors (Lipinski definition) is 1. The maximum absolute atomic E-state index is 11.8. The minimum atomic E-state index is 0.0505. The van der Waals surface area contributed by atoms with Crippen molar-refractivity contribution in [3.63, 3.8) is 0 Å². The van der Waals surface area contributed by atoms with Gasteiger partial charge in [0.2, 0.25) is 5.91 Å². The fourth-order valence-electron chi connectivity index (χ4n) is 3.52. The molecule has 1 N–H and O–H groups in total. The number of hydrogen-bond acceptors (Lipinski definition) is 5. The molecule has 1 atom stereocenters. The van der Waals surface area contributed by atoms with Crippen molar-refractivity contribution < 1.29 is 4.79 Å². The lowest BCUT2D eigenvalue weighted by Crippen LogP contribution is -2.42. The van der Waals surface area contributed by atoms with E-state index in [4.69, 9.17) is 0 Å². The molecule has 132 valence electrons. The number of aromatic nitrogens is 2. The molecule has 1 aromatic rings. The molecular formula is C18H29N5O. The van der Waals surface area contributed by atoms with Crippen molar-refractivity contribution in [2.45, 2.75) is 39.5 Å². The molecule has 3 rings (SSSR count). The van der Waals surface area contributed by atoms with Gasteiger partial charge in [0.25, 0.3) is 0 Å². The summed E-state index contributed by atoms with van der Waals surface area (Å²) in [6.45, 7) is 8.81. The fourth-order valence-corrected chi connectivity index (χ4v) is 3.52. The molecule has 1 unspecified atom stereocenters. The average molecular weight is 331 g/mol. The van der Waals surface area contributed by atoms with Crippen molar-refractivity contribution in [2.24, 2.45) is 11.8 Å². The summed E-state index contributed by atoms with van der Waals surface area (Å²) in [7, 11) is 0. The van der Waals surface area contributed by atoms with Gasteiger partial charge in [-0.2, -0.15) is 0 Å². The Labute approximate surface area is 144 Å². The Morgan fingerprint density at radius 3 is 2.54 bits per heavy atom. The first-order valence-corrected chi connectivity index (χ1v) is 9.23. The minimum Gasteiger partial charge on any atom is -0.356 e. The Kier molecular flexibility index (Phi) is 5.53. The molecule has 0 radical (unpaired) electrons. The molecule has 0 aromatic carbocycles. The average Bonchev–Trinajstić information content (AvgIpc) is 3.14. The lowest BCUT2D eigenvalue weighted by atomic mass is 9.97. The van der Waals surface area contributed by atoms with Crippen LogP contribution in [0, 0.1) is 11.8 Å². The van der Waals surface area contributed by atoms with Crippen LogP contribution in [0.15, 0.2) is 12.4 Å². The first-order chi connectivity index (χ1) is 11.6. The van der Waals surface area contributed by atoms with Gasteiger partial charge in [-0.25, -0.2) is 9.97 Å². The summed E-state index contributed by atoms with van der Waals surface area (Å²) in [6, 6.07) is 2.13. The predicted molar refractivity (Wildman–Crippen MR) is 96.3 cm³/mol. The largest absolute Gasteiger partial charge is 0.356 e. The zero-order valence-corrected chi connectivity index (χ0v) is 14.9. The van der Waals surface area contributed by atoms with Crippen LogP contribution >= 0.6 is 0 Å². The molecular weight excluding hydrogens is 302 g/mol. The van der Waals surface area contributed by atoms with Crippen LogP contribution in [0.4, 0.5) is 11.6 Å². The van der Waals surface area contributed by atoms with E-state index in [-0.39, 0.29) is 11.8 Å². The lowest BCUT2D eigenvalue weighted by Gasteiger charge is -2.34. The van der Waals surface area contributed by atoms with Gasteiger partial charge in [-0.3, -0.25) is 4.79 Å². The molecule has 24 heavy (non-hydrogen) atoms. The molecule has 2 aliphatic heterocycles. The number of amides is 1. The predicted octanol–water partition coefficient (Wildman–Crippen LogP) is 2.07. The molecule has 0 spiro atoms. The van der Waals surface area contributed by atoms with E-state index in [1.165, 1.54) is 19.3 Å². The van der Waals surface area contributed by atoms with Crippen LogP contribution in [0.25, 0.3) is 0 Å². The number of nitrogens with one attached hydrogen (secondary N) is 1. The highest BCUT2D eigenvalue weighted by molar-refractivity contribution is 5.77. The van der Waals surface area contributed by atoms with Gasteiger partial charge in [0.05, 0.1) is 0 Å². The normalized spacial score (nSPS) is 21.4. The van der Waals surface area contributed by atoms with E-state index >= 15 is 0 Å². The summed E-state index contributed by atoms with van der Waals surface area (Å²) in [6.07, 6.45) is 6.50. The van der Waals surface area contributed by atoms with E-state index in [9.17, 15) is 4.79 Å². The van der Waals surface area contributed by atoms with Crippen molar-refractivity contribution in [1.82, 2.24) is 15.3 Å². The maximum Gasteiger partial charge on any atom is 0.222 e. The molecule has 2 aliphatic rings. The monoisotopic (exact) mass is 331 g/mol. The smallest absolute Gasteiger partial charge is 0.222 e. The number of carbonyl (C=O) groups excluding carboxylic acids is 1. The topological polar surface area (TPSA) is 61.4 Å². The number of rotatable bonds is 5. The highest BCUT2D eigenvalue weighted by atomic mass is 16.1. The maximum atomic E-state index is 11.8. The van der Waals surface area contributed by atoms with Gasteiger partial charge < -0.3 is 15.1 Å². The van der Waals surface area contributed by atoms with E-state index in [0.29, 0.717) is 5.92 Å². The Balaban J connectivity index is 1.60. The van der Waals surface area contributed by atoms with Gasteiger partial charge in [-0.1, -0.05) is 13.8 Å². The van der Waals surface area contributed by atoms with Crippen LogP contribution in [0.2, 0.25) is 0 Å². The summed E-state index contributed by atoms with van der Waals surface area (Å²) in [4.78, 5) is 25.4. The SMILES string of the molecule is CC(C)C(=O)NCC1CCCN(c2cc(N3CCCC3)ncn2)C1. The van der Waals surface area contributed by atoms with Crippen molar-refractivity contribution in [3.05, 3.63) is 12.4 Å². The molecule has 0 aliphatic carbocycles. The molecule has 6 nitrogen and oxygen atoms in total. The van der Waals surface area contributed by atoms with Crippen molar-refractivity contribution in [1.29, 1.82) is 0 Å². The van der Waals surface area contributed by atoms with Crippen molar-refractivity contribution in [3.8, 4) is 0 Å². The minimum absolute atomic E-state index is 0.0505. The van der Waals surface area contributed by atoms with Gasteiger partial charge >= 0.3 is 0 Å². The Hall–Kier alpha value is -1.85. The van der Waals surface area contributed by atoms with Gasteiger partial charge in [0.1, 0.15) is 18.0 Å². The van der Waals surface area contributed by atoms with Crippen LogP contribution in [0.1, 0.15) is 39.5 Å². The standard InChI is InChI=1S/C18H29N5O/c1-14(2)18(24)19-11-15-6-5-9-23(12-15)17-10-16(20-13-21-17)22-7-3-4-8-22/h10,13-15H,3-9,11-12H2,1-2H3,(H,19,24). The van der Waals surface area contributed by atoms with Crippen LogP contribution in [0.5, 0.6) is 0 Å². The molecule has 1 aromatic heterocycles. The first kappa shape index (κ1) is 17.0. The summed E-state index contributed by atoms with van der Waals surface area (Å²) < 4.78 is 0. The van der Waals surface area contributed by atoms with E-state index in [1.807, 2.05) is 13.8 Å². The summed E-state index contributed by atoms with van der Waals surface area (Å²) in [5.41, 5.74) is 0. The van der Waals surface area contributed by atoms with Crippen LogP contribution in [0.3, 0.4) is 0 Å². The molecule has 0 bridgehead atoms. The second-order valence-electron chi connectivity index (χ2n) is 7.28. The molecule has 2 fully saturated rings. The quantitative estimate of drug-likeness (QED) is 0.895. The van der Waals surface area contributed by atoms with Gasteiger partial charge in [-0.15, -0.1) is 0 Å². The highest BCUT2D eigenvalue weighted by Crippen LogP contribution is 2.25. The second kappa shape index (κ2) is 7.81. The van der Waals surface area contributed by atoms with Crippen molar-refractivity contribution >= 4 is 17.5 Å². The van der Waals surface area contributed by atoms with Crippen LogP contribution in [-0.2, 0) is 4.79 Å². The Morgan fingerprint density at radius 1 is 1.17 bits per heavy atom. The molecule has 1 amide bonds. The number of carbonyl (C=O) groups is 1. The van der Waals surface area contributed by atoms with Gasteiger partial charge in [0, 0.05) is 44.7 Å². The van der Waals surface area contributed by atoms with Gasteiger partial charge in [0.15, 0.2) is 0 Å². The Bertz CT molecular complexity index is 556. The zero-order valence-electron chi connectivity index (χ0n) is 14.9. The first-order valence-electron chi connectivity index (χ1n) is 9.23. The second-order valence-corrected chi connectivity index (χ2v) is 7.28. The summed E-state index contributed by atoms with van der Waals surface area (Å²) in [5, 5.41) is 3.07. The lowest BCUT2D eigenvalue weighted by molar-refractivity contribution is -0.124.